The number of ether oxygens (including phenoxy) is 5. The summed E-state index contributed by atoms with van der Waals surface area (Å²) in [6, 6.07) is 4.81. The summed E-state index contributed by atoms with van der Waals surface area (Å²) >= 11 is 0. The molecule has 3 fully saturated rings. The van der Waals surface area contributed by atoms with Crippen molar-refractivity contribution in [2.24, 2.45) is 5.92 Å². The quantitative estimate of drug-likeness (QED) is 0.752. The first kappa shape index (κ1) is 18.8. The van der Waals surface area contributed by atoms with Crippen LogP contribution in [0.3, 0.4) is 0 Å². The average molecular weight is 392 g/mol. The summed E-state index contributed by atoms with van der Waals surface area (Å²) in [5, 5.41) is 5.64. The Bertz CT molecular complexity index is 730. The molecule has 1 aliphatic carbocycles. The highest BCUT2D eigenvalue weighted by molar-refractivity contribution is 5.85. The fourth-order valence-electron chi connectivity index (χ4n) is 3.50. The Hall–Kier alpha value is -2.52. The van der Waals surface area contributed by atoms with Crippen LogP contribution in [-0.4, -0.2) is 63.8 Å². The number of carbonyl (C=O) groups is 2. The highest BCUT2D eigenvalue weighted by atomic mass is 16.6. The smallest absolute Gasteiger partial charge is 0.412 e. The molecule has 3 aliphatic rings. The maximum Gasteiger partial charge on any atom is 0.412 e. The minimum Gasteiger partial charge on any atom is -0.497 e. The molecule has 2 heterocycles. The number of rotatable bonds is 6. The van der Waals surface area contributed by atoms with Gasteiger partial charge in [0.25, 0.3) is 0 Å². The second-order valence-electron chi connectivity index (χ2n) is 7.16. The zero-order valence-electron chi connectivity index (χ0n) is 15.8. The maximum absolute atomic E-state index is 12.3. The molecule has 4 rings (SSSR count). The minimum absolute atomic E-state index is 0.0481. The highest BCUT2D eigenvalue weighted by Crippen LogP contribution is 2.32. The van der Waals surface area contributed by atoms with Crippen molar-refractivity contribution in [3.8, 4) is 11.5 Å². The molecular formula is C19H24N2O7. The van der Waals surface area contributed by atoms with Gasteiger partial charge in [-0.2, -0.15) is 0 Å². The summed E-state index contributed by atoms with van der Waals surface area (Å²) in [5.41, 5.74) is 0.485. The van der Waals surface area contributed by atoms with Crippen LogP contribution in [-0.2, 0) is 19.0 Å². The maximum atomic E-state index is 12.3. The number of benzene rings is 1. The normalized spacial score (nSPS) is 28.4. The number of carbonyl (C=O) groups excluding carboxylic acids is 2. The van der Waals surface area contributed by atoms with Crippen LogP contribution in [0.5, 0.6) is 11.5 Å². The van der Waals surface area contributed by atoms with Gasteiger partial charge in [-0.3, -0.25) is 10.1 Å². The minimum atomic E-state index is -0.626. The first-order chi connectivity index (χ1) is 13.6. The van der Waals surface area contributed by atoms with Crippen molar-refractivity contribution in [1.29, 1.82) is 0 Å². The first-order valence-corrected chi connectivity index (χ1v) is 9.31. The second-order valence-corrected chi connectivity index (χ2v) is 7.16. The third-order valence-corrected chi connectivity index (χ3v) is 5.14. The van der Waals surface area contributed by atoms with Crippen molar-refractivity contribution in [2.75, 3.05) is 32.8 Å². The number of fused-ring (bicyclic) bond motifs is 1. The van der Waals surface area contributed by atoms with Crippen LogP contribution in [0.1, 0.15) is 12.8 Å². The van der Waals surface area contributed by atoms with Crippen molar-refractivity contribution >= 4 is 17.7 Å². The molecule has 1 saturated carbocycles. The van der Waals surface area contributed by atoms with Crippen LogP contribution in [0.15, 0.2) is 18.2 Å². The molecule has 1 aromatic rings. The van der Waals surface area contributed by atoms with Crippen LogP contribution in [0.4, 0.5) is 10.5 Å². The monoisotopic (exact) mass is 392 g/mol. The van der Waals surface area contributed by atoms with E-state index in [-0.39, 0.29) is 30.6 Å². The van der Waals surface area contributed by atoms with E-state index in [1.54, 1.807) is 18.2 Å². The Morgan fingerprint density at radius 1 is 1.00 bits per heavy atom. The zero-order chi connectivity index (χ0) is 19.7. The van der Waals surface area contributed by atoms with Crippen LogP contribution in [0, 0.1) is 5.92 Å². The summed E-state index contributed by atoms with van der Waals surface area (Å²) in [7, 11) is 3.06. The van der Waals surface area contributed by atoms with Crippen LogP contribution >= 0.6 is 0 Å². The van der Waals surface area contributed by atoms with E-state index in [2.05, 4.69) is 10.6 Å². The van der Waals surface area contributed by atoms with Gasteiger partial charge in [-0.05, 0) is 12.8 Å². The number of anilines is 1. The topological polar surface area (TPSA) is 104 Å². The summed E-state index contributed by atoms with van der Waals surface area (Å²) < 4.78 is 27.4. The molecule has 4 atom stereocenters. The van der Waals surface area contributed by atoms with E-state index in [0.717, 1.165) is 12.8 Å². The van der Waals surface area contributed by atoms with Gasteiger partial charge in [-0.1, -0.05) is 0 Å². The molecule has 0 radical (unpaired) electrons. The first-order valence-electron chi connectivity index (χ1n) is 9.31. The van der Waals surface area contributed by atoms with Gasteiger partial charge < -0.3 is 29.0 Å². The molecule has 28 heavy (non-hydrogen) atoms. The Kier molecular flexibility index (Phi) is 5.27. The molecule has 152 valence electrons. The Morgan fingerprint density at radius 3 is 2.32 bits per heavy atom. The number of methoxy groups -OCH3 is 2. The summed E-state index contributed by atoms with van der Waals surface area (Å²) in [5.74, 6) is 1.27. The van der Waals surface area contributed by atoms with Crippen molar-refractivity contribution in [1.82, 2.24) is 5.32 Å². The molecule has 2 aliphatic heterocycles. The Balaban J connectivity index is 1.32. The lowest BCUT2D eigenvalue weighted by Gasteiger charge is -2.18. The molecule has 9 nitrogen and oxygen atoms in total. The SMILES string of the molecule is COc1cc(NC(=O)OC2COC3C(NC(=O)C4CC4)COC23)cc(OC)c1. The van der Waals surface area contributed by atoms with Crippen molar-refractivity contribution < 1.29 is 33.3 Å². The van der Waals surface area contributed by atoms with E-state index in [9.17, 15) is 9.59 Å². The summed E-state index contributed by atoms with van der Waals surface area (Å²) in [6.07, 6.45) is 0.0106. The van der Waals surface area contributed by atoms with Crippen molar-refractivity contribution in [3.05, 3.63) is 18.2 Å². The molecule has 2 saturated heterocycles. The molecule has 9 heteroatoms. The van der Waals surface area contributed by atoms with Gasteiger partial charge in [0.15, 0.2) is 6.10 Å². The molecule has 0 spiro atoms. The van der Waals surface area contributed by atoms with Crippen molar-refractivity contribution in [3.63, 3.8) is 0 Å². The van der Waals surface area contributed by atoms with Gasteiger partial charge in [-0.25, -0.2) is 4.79 Å². The number of hydrogen-bond donors (Lipinski definition) is 2. The van der Waals surface area contributed by atoms with Gasteiger partial charge in [-0.15, -0.1) is 0 Å². The molecular weight excluding hydrogens is 368 g/mol. The van der Waals surface area contributed by atoms with Gasteiger partial charge in [0, 0.05) is 24.1 Å². The lowest BCUT2D eigenvalue weighted by Crippen LogP contribution is -2.45. The van der Waals surface area contributed by atoms with Gasteiger partial charge in [0.1, 0.15) is 23.7 Å². The van der Waals surface area contributed by atoms with Crippen LogP contribution < -0.4 is 20.1 Å². The van der Waals surface area contributed by atoms with Crippen LogP contribution in [0.25, 0.3) is 0 Å². The van der Waals surface area contributed by atoms with E-state index in [0.29, 0.717) is 23.8 Å². The lowest BCUT2D eigenvalue weighted by atomic mass is 10.1. The third-order valence-electron chi connectivity index (χ3n) is 5.14. The second kappa shape index (κ2) is 7.84. The third kappa shape index (κ3) is 4.00. The van der Waals surface area contributed by atoms with Gasteiger partial charge in [0.05, 0.1) is 39.2 Å². The summed E-state index contributed by atoms with van der Waals surface area (Å²) in [4.78, 5) is 24.3. The molecule has 0 aromatic heterocycles. The standard InChI is InChI=1S/C19H24N2O7/c1-24-12-5-11(6-13(7-12)25-2)20-19(23)28-15-9-27-16-14(8-26-17(15)16)21-18(22)10-3-4-10/h5-7,10,14-17H,3-4,8-9H2,1-2H3,(H,20,23)(H,21,22). The number of hydrogen-bond acceptors (Lipinski definition) is 7. The van der Waals surface area contributed by atoms with Crippen molar-refractivity contribution in [2.45, 2.75) is 37.2 Å². The highest BCUT2D eigenvalue weighted by Gasteiger charge is 2.50. The van der Waals surface area contributed by atoms with Gasteiger partial charge in [0.2, 0.25) is 5.91 Å². The molecule has 2 amide bonds. The number of amides is 2. The van der Waals surface area contributed by atoms with E-state index < -0.39 is 18.3 Å². The molecule has 2 N–H and O–H groups in total. The predicted octanol–water partition coefficient (Wildman–Crippen LogP) is 1.31. The Labute approximate surface area is 162 Å². The van der Waals surface area contributed by atoms with E-state index in [1.165, 1.54) is 14.2 Å². The molecule has 4 unspecified atom stereocenters. The predicted molar refractivity (Wildman–Crippen MR) is 97.6 cm³/mol. The largest absolute Gasteiger partial charge is 0.497 e. The van der Waals surface area contributed by atoms with E-state index >= 15 is 0 Å². The molecule has 0 bridgehead atoms. The average Bonchev–Trinajstić information content (AvgIpc) is 3.37. The van der Waals surface area contributed by atoms with E-state index in [1.807, 2.05) is 0 Å². The fourth-order valence-corrected chi connectivity index (χ4v) is 3.50. The zero-order valence-corrected chi connectivity index (χ0v) is 15.8. The fraction of sp³-hybridized carbons (Fsp3) is 0.579. The number of nitrogens with one attached hydrogen (secondary N) is 2. The molecule has 1 aromatic carbocycles. The van der Waals surface area contributed by atoms with E-state index in [4.69, 9.17) is 23.7 Å². The van der Waals surface area contributed by atoms with Gasteiger partial charge >= 0.3 is 6.09 Å². The summed E-state index contributed by atoms with van der Waals surface area (Å²) in [6.45, 7) is 0.572. The van der Waals surface area contributed by atoms with Crippen LogP contribution in [0.2, 0.25) is 0 Å². The Morgan fingerprint density at radius 2 is 1.68 bits per heavy atom. The lowest BCUT2D eigenvalue weighted by molar-refractivity contribution is -0.123.